The van der Waals surface area contributed by atoms with E-state index in [1.54, 1.807) is 11.3 Å². The fourth-order valence-electron chi connectivity index (χ4n) is 1.66. The quantitative estimate of drug-likeness (QED) is 0.824. The lowest BCUT2D eigenvalue weighted by atomic mass is 10.3. The van der Waals surface area contributed by atoms with Crippen LogP contribution in [0.15, 0.2) is 22.0 Å². The molecule has 0 spiro atoms. The largest absolute Gasteiger partial charge is 0.491 e. The van der Waals surface area contributed by atoms with Gasteiger partial charge in [0.15, 0.2) is 5.75 Å². The highest BCUT2D eigenvalue weighted by Crippen LogP contribution is 2.36. The predicted octanol–water partition coefficient (Wildman–Crippen LogP) is 4.88. The second-order valence-electron chi connectivity index (χ2n) is 3.91. The summed E-state index contributed by atoms with van der Waals surface area (Å²) in [6, 6.07) is 3.68. The summed E-state index contributed by atoms with van der Waals surface area (Å²) < 4.78 is 6.48. The van der Waals surface area contributed by atoms with Gasteiger partial charge in [-0.2, -0.15) is 0 Å². The third kappa shape index (κ3) is 3.84. The second kappa shape index (κ2) is 6.59. The van der Waals surface area contributed by atoms with E-state index >= 15 is 0 Å². The van der Waals surface area contributed by atoms with Crippen LogP contribution in [0.3, 0.4) is 0 Å². The Kier molecular flexibility index (Phi) is 5.07. The van der Waals surface area contributed by atoms with Crippen molar-refractivity contribution in [2.24, 2.45) is 0 Å². The lowest BCUT2D eigenvalue weighted by Gasteiger charge is -2.14. The Morgan fingerprint density at radius 2 is 2.26 bits per heavy atom. The van der Waals surface area contributed by atoms with Gasteiger partial charge in [-0.05, 0) is 41.9 Å². The van der Waals surface area contributed by atoms with Crippen molar-refractivity contribution >= 4 is 44.6 Å². The number of rotatable bonds is 5. The average Bonchev–Trinajstić information content (AvgIpc) is 2.76. The number of benzene rings is 1. The molecule has 1 aromatic heterocycles. The minimum atomic E-state index is 0.602. The third-order valence-electron chi connectivity index (χ3n) is 2.42. The van der Waals surface area contributed by atoms with Gasteiger partial charge in [0.05, 0.1) is 34.0 Å². The van der Waals surface area contributed by atoms with Crippen molar-refractivity contribution in [3.63, 3.8) is 0 Å². The smallest absolute Gasteiger partial charge is 0.156 e. The van der Waals surface area contributed by atoms with Gasteiger partial charge in [0, 0.05) is 10.4 Å². The van der Waals surface area contributed by atoms with Crippen molar-refractivity contribution in [1.82, 2.24) is 4.98 Å². The topological polar surface area (TPSA) is 34.1 Å². The van der Waals surface area contributed by atoms with Crippen molar-refractivity contribution in [2.75, 3.05) is 11.9 Å². The Morgan fingerprint density at radius 1 is 1.47 bits per heavy atom. The standard InChI is InChI=1S/C13H14BrClN2OS/c1-3-18-13-11(14)4-9(15)5-12(13)16-6-10-7-19-8(2)17-10/h4-5,7,16H,3,6H2,1-2H3. The molecule has 0 aliphatic heterocycles. The molecule has 19 heavy (non-hydrogen) atoms. The zero-order chi connectivity index (χ0) is 13.8. The van der Waals surface area contributed by atoms with E-state index in [1.807, 2.05) is 31.4 Å². The highest BCUT2D eigenvalue weighted by Gasteiger charge is 2.10. The first kappa shape index (κ1) is 14.6. The molecule has 0 fully saturated rings. The van der Waals surface area contributed by atoms with E-state index in [-0.39, 0.29) is 0 Å². The van der Waals surface area contributed by atoms with Gasteiger partial charge in [-0.1, -0.05) is 11.6 Å². The van der Waals surface area contributed by atoms with Crippen LogP contribution in [-0.2, 0) is 6.54 Å². The van der Waals surface area contributed by atoms with Crippen molar-refractivity contribution in [3.05, 3.63) is 37.7 Å². The van der Waals surface area contributed by atoms with Crippen molar-refractivity contribution in [1.29, 1.82) is 0 Å². The zero-order valence-corrected chi connectivity index (χ0v) is 13.8. The van der Waals surface area contributed by atoms with E-state index in [0.29, 0.717) is 18.2 Å². The molecule has 0 saturated carbocycles. The number of nitrogens with one attached hydrogen (secondary N) is 1. The Balaban J connectivity index is 2.18. The highest BCUT2D eigenvalue weighted by atomic mass is 79.9. The maximum Gasteiger partial charge on any atom is 0.156 e. The molecule has 1 aromatic carbocycles. The van der Waals surface area contributed by atoms with Gasteiger partial charge in [0.2, 0.25) is 0 Å². The first-order chi connectivity index (χ1) is 9.10. The van der Waals surface area contributed by atoms with Crippen molar-refractivity contribution in [3.8, 4) is 5.75 Å². The Hall–Kier alpha value is -0.780. The van der Waals surface area contributed by atoms with Crippen LogP contribution >= 0.6 is 38.9 Å². The Morgan fingerprint density at radius 3 is 2.89 bits per heavy atom. The summed E-state index contributed by atoms with van der Waals surface area (Å²) in [5.74, 6) is 0.777. The number of nitrogens with zero attached hydrogens (tertiary/aromatic N) is 1. The number of anilines is 1. The lowest BCUT2D eigenvalue weighted by Crippen LogP contribution is -2.03. The maximum absolute atomic E-state index is 6.07. The van der Waals surface area contributed by atoms with Crippen LogP contribution in [0.1, 0.15) is 17.6 Å². The van der Waals surface area contributed by atoms with Gasteiger partial charge in [-0.25, -0.2) is 4.98 Å². The molecule has 1 heterocycles. The summed E-state index contributed by atoms with van der Waals surface area (Å²) >= 11 is 11.2. The molecule has 6 heteroatoms. The average molecular weight is 362 g/mol. The van der Waals surface area contributed by atoms with E-state index < -0.39 is 0 Å². The molecule has 0 atom stereocenters. The number of hydrogen-bond acceptors (Lipinski definition) is 4. The van der Waals surface area contributed by atoms with Gasteiger partial charge in [-0.15, -0.1) is 11.3 Å². The van der Waals surface area contributed by atoms with Crippen molar-refractivity contribution in [2.45, 2.75) is 20.4 Å². The number of aryl methyl sites for hydroxylation is 1. The van der Waals surface area contributed by atoms with E-state index in [9.17, 15) is 0 Å². The molecule has 0 saturated heterocycles. The molecular weight excluding hydrogens is 348 g/mol. The number of hydrogen-bond donors (Lipinski definition) is 1. The van der Waals surface area contributed by atoms with Crippen LogP contribution in [0.25, 0.3) is 0 Å². The van der Waals surface area contributed by atoms with Gasteiger partial charge in [-0.3, -0.25) is 0 Å². The lowest BCUT2D eigenvalue weighted by molar-refractivity contribution is 0.339. The monoisotopic (exact) mass is 360 g/mol. The summed E-state index contributed by atoms with van der Waals surface area (Å²) in [6.45, 7) is 5.20. The van der Waals surface area contributed by atoms with Gasteiger partial charge >= 0.3 is 0 Å². The first-order valence-electron chi connectivity index (χ1n) is 5.87. The Bertz CT molecular complexity index is 574. The zero-order valence-electron chi connectivity index (χ0n) is 10.7. The fourth-order valence-corrected chi connectivity index (χ4v) is 3.20. The highest BCUT2D eigenvalue weighted by molar-refractivity contribution is 9.10. The molecule has 0 aliphatic rings. The second-order valence-corrected chi connectivity index (χ2v) is 6.26. The maximum atomic E-state index is 6.07. The fraction of sp³-hybridized carbons (Fsp3) is 0.308. The molecule has 102 valence electrons. The van der Waals surface area contributed by atoms with Crippen LogP contribution in [0.4, 0.5) is 5.69 Å². The van der Waals surface area contributed by atoms with Crippen LogP contribution in [0.5, 0.6) is 5.75 Å². The molecule has 0 aliphatic carbocycles. The molecule has 0 amide bonds. The number of thiazole rings is 1. The van der Waals surface area contributed by atoms with Gasteiger partial charge < -0.3 is 10.1 Å². The molecule has 2 rings (SSSR count). The first-order valence-corrected chi connectivity index (χ1v) is 7.92. The minimum absolute atomic E-state index is 0.602. The van der Waals surface area contributed by atoms with Crippen LogP contribution in [-0.4, -0.2) is 11.6 Å². The summed E-state index contributed by atoms with van der Waals surface area (Å²) in [6.07, 6.45) is 0. The van der Waals surface area contributed by atoms with E-state index in [0.717, 1.165) is 26.6 Å². The molecule has 3 nitrogen and oxygen atoms in total. The molecular formula is C13H14BrClN2OS. The molecule has 2 aromatic rings. The van der Waals surface area contributed by atoms with Gasteiger partial charge in [0.1, 0.15) is 0 Å². The molecule has 0 bridgehead atoms. The van der Waals surface area contributed by atoms with Crippen LogP contribution < -0.4 is 10.1 Å². The van der Waals surface area contributed by atoms with Crippen LogP contribution in [0, 0.1) is 6.92 Å². The van der Waals surface area contributed by atoms with Crippen molar-refractivity contribution < 1.29 is 4.74 Å². The SMILES string of the molecule is CCOc1c(Br)cc(Cl)cc1NCc1csc(C)n1. The number of halogens is 2. The summed E-state index contributed by atoms with van der Waals surface area (Å²) in [5.41, 5.74) is 1.88. The third-order valence-corrected chi connectivity index (χ3v) is 4.05. The number of ether oxygens (including phenoxy) is 1. The van der Waals surface area contributed by atoms with Crippen LogP contribution in [0.2, 0.25) is 5.02 Å². The molecule has 1 N–H and O–H groups in total. The Labute approximate surface area is 130 Å². The normalized spacial score (nSPS) is 10.5. The summed E-state index contributed by atoms with van der Waals surface area (Å²) in [7, 11) is 0. The van der Waals surface area contributed by atoms with E-state index in [1.165, 1.54) is 0 Å². The van der Waals surface area contributed by atoms with E-state index in [2.05, 4.69) is 26.2 Å². The predicted molar refractivity (Wildman–Crippen MR) is 84.5 cm³/mol. The summed E-state index contributed by atoms with van der Waals surface area (Å²) in [5, 5.41) is 7.08. The number of aromatic nitrogens is 1. The summed E-state index contributed by atoms with van der Waals surface area (Å²) in [4.78, 5) is 4.42. The van der Waals surface area contributed by atoms with Gasteiger partial charge in [0.25, 0.3) is 0 Å². The molecule has 0 unspecified atom stereocenters. The van der Waals surface area contributed by atoms with E-state index in [4.69, 9.17) is 16.3 Å². The molecule has 0 radical (unpaired) electrons. The minimum Gasteiger partial charge on any atom is -0.491 e.